The van der Waals surface area contributed by atoms with Crippen LogP contribution in [0.2, 0.25) is 0 Å². The Morgan fingerprint density at radius 2 is 2.17 bits per heavy atom. The molecule has 1 heterocycles. The molecule has 0 spiro atoms. The summed E-state index contributed by atoms with van der Waals surface area (Å²) >= 11 is 1.28. The number of rotatable bonds is 4. The van der Waals surface area contributed by atoms with E-state index in [1.165, 1.54) is 24.3 Å². The fourth-order valence-electron chi connectivity index (χ4n) is 1.54. The van der Waals surface area contributed by atoms with E-state index in [1.807, 2.05) is 0 Å². The molecular formula is C13H12FNO2S. The van der Waals surface area contributed by atoms with Crippen LogP contribution in [-0.4, -0.2) is 10.8 Å². The molecule has 0 aliphatic heterocycles. The molecular weight excluding hydrogens is 253 g/mol. The van der Waals surface area contributed by atoms with Crippen molar-refractivity contribution >= 4 is 17.1 Å². The minimum Gasteiger partial charge on any atom is -0.483 e. The molecule has 0 N–H and O–H groups in total. The quantitative estimate of drug-likeness (QED) is 0.796. The second-order valence-electron chi connectivity index (χ2n) is 3.80. The minimum absolute atomic E-state index is 0.0119. The Bertz CT molecular complexity index is 580. The zero-order valence-electron chi connectivity index (χ0n) is 10.1. The zero-order valence-corrected chi connectivity index (χ0v) is 10.9. The average molecular weight is 265 g/mol. The van der Waals surface area contributed by atoms with Crippen molar-refractivity contribution in [2.24, 2.45) is 0 Å². The molecule has 0 fully saturated rings. The number of aryl methyl sites for hydroxylation is 1. The van der Waals surface area contributed by atoms with Gasteiger partial charge in [0.1, 0.15) is 11.6 Å². The number of carbonyl (C=O) groups excluding carboxylic acids is 1. The molecule has 0 saturated heterocycles. The first-order valence-corrected chi connectivity index (χ1v) is 6.24. The molecule has 0 saturated carbocycles. The smallest absolute Gasteiger partial charge is 0.171 e. The molecule has 1 aromatic carbocycles. The van der Waals surface area contributed by atoms with Crippen LogP contribution < -0.4 is 4.74 Å². The van der Waals surface area contributed by atoms with Gasteiger partial charge < -0.3 is 4.74 Å². The number of Topliss-reactive ketones (excluding diaryl/α,β-unsaturated/α-hetero) is 1. The molecule has 3 nitrogen and oxygen atoms in total. The lowest BCUT2D eigenvalue weighted by Crippen LogP contribution is -1.96. The van der Waals surface area contributed by atoms with Crippen molar-refractivity contribution in [3.63, 3.8) is 0 Å². The van der Waals surface area contributed by atoms with Gasteiger partial charge in [0.2, 0.25) is 0 Å². The third kappa shape index (κ3) is 2.73. The van der Waals surface area contributed by atoms with Crippen molar-refractivity contribution in [2.45, 2.75) is 20.5 Å². The SMILES string of the molecule is CC(=O)c1sc(COc2ccccc2F)nc1C. The van der Waals surface area contributed by atoms with E-state index in [4.69, 9.17) is 4.74 Å². The molecule has 0 aliphatic rings. The molecule has 0 unspecified atom stereocenters. The Balaban J connectivity index is 2.09. The number of thiazole rings is 1. The summed E-state index contributed by atoms with van der Waals surface area (Å²) in [6.45, 7) is 3.45. The second-order valence-corrected chi connectivity index (χ2v) is 4.88. The van der Waals surface area contributed by atoms with Crippen LogP contribution in [0.15, 0.2) is 24.3 Å². The minimum atomic E-state index is -0.405. The average Bonchev–Trinajstić information content (AvgIpc) is 2.70. The highest BCUT2D eigenvalue weighted by Crippen LogP contribution is 2.21. The van der Waals surface area contributed by atoms with Crippen molar-refractivity contribution in [1.82, 2.24) is 4.98 Å². The van der Waals surface area contributed by atoms with Gasteiger partial charge in [0.15, 0.2) is 17.3 Å². The number of benzene rings is 1. The van der Waals surface area contributed by atoms with Crippen LogP contribution in [0.5, 0.6) is 5.75 Å². The number of ether oxygens (including phenoxy) is 1. The molecule has 2 rings (SSSR count). The van der Waals surface area contributed by atoms with Crippen LogP contribution in [-0.2, 0) is 6.61 Å². The summed E-state index contributed by atoms with van der Waals surface area (Å²) in [5.41, 5.74) is 0.694. The van der Waals surface area contributed by atoms with Gasteiger partial charge in [0.25, 0.3) is 0 Å². The van der Waals surface area contributed by atoms with E-state index >= 15 is 0 Å². The maximum Gasteiger partial charge on any atom is 0.171 e. The van der Waals surface area contributed by atoms with Crippen LogP contribution in [0.25, 0.3) is 0 Å². The number of hydrogen-bond acceptors (Lipinski definition) is 4. The highest BCUT2D eigenvalue weighted by Gasteiger charge is 2.12. The molecule has 0 bridgehead atoms. The highest BCUT2D eigenvalue weighted by molar-refractivity contribution is 7.13. The van der Waals surface area contributed by atoms with Gasteiger partial charge in [-0.1, -0.05) is 12.1 Å². The molecule has 0 radical (unpaired) electrons. The molecule has 0 aliphatic carbocycles. The first-order chi connectivity index (χ1) is 8.58. The standard InChI is InChI=1S/C13H12FNO2S/c1-8-13(9(2)16)18-12(15-8)7-17-11-6-4-3-5-10(11)14/h3-6H,7H2,1-2H3. The molecule has 94 valence electrons. The summed E-state index contributed by atoms with van der Waals surface area (Å²) in [4.78, 5) is 16.1. The third-order valence-electron chi connectivity index (χ3n) is 2.35. The molecule has 18 heavy (non-hydrogen) atoms. The second kappa shape index (κ2) is 5.27. The summed E-state index contributed by atoms with van der Waals surface area (Å²) in [6, 6.07) is 6.20. The van der Waals surface area contributed by atoms with Crippen molar-refractivity contribution in [3.05, 3.63) is 45.7 Å². The lowest BCUT2D eigenvalue weighted by atomic mass is 10.3. The maximum absolute atomic E-state index is 13.3. The van der Waals surface area contributed by atoms with Crippen LogP contribution in [0.3, 0.4) is 0 Å². The van der Waals surface area contributed by atoms with Gasteiger partial charge in [-0.3, -0.25) is 4.79 Å². The van der Waals surface area contributed by atoms with Gasteiger partial charge in [-0.2, -0.15) is 0 Å². The van der Waals surface area contributed by atoms with Gasteiger partial charge in [-0.25, -0.2) is 9.37 Å². The maximum atomic E-state index is 13.3. The topological polar surface area (TPSA) is 39.2 Å². The van der Waals surface area contributed by atoms with E-state index in [2.05, 4.69) is 4.98 Å². The molecule has 0 amide bonds. The van der Waals surface area contributed by atoms with E-state index in [-0.39, 0.29) is 18.1 Å². The van der Waals surface area contributed by atoms with Gasteiger partial charge >= 0.3 is 0 Å². The van der Waals surface area contributed by atoms with Crippen molar-refractivity contribution in [2.75, 3.05) is 0 Å². The Kier molecular flexibility index (Phi) is 3.72. The monoisotopic (exact) mass is 265 g/mol. The fraction of sp³-hybridized carbons (Fsp3) is 0.231. The number of hydrogen-bond donors (Lipinski definition) is 0. The Labute approximate surface area is 108 Å². The van der Waals surface area contributed by atoms with Crippen LogP contribution in [0.1, 0.15) is 27.3 Å². The summed E-state index contributed by atoms with van der Waals surface area (Å²) < 4.78 is 18.6. The normalized spacial score (nSPS) is 10.4. The predicted octanol–water partition coefficient (Wildman–Crippen LogP) is 3.37. The van der Waals surface area contributed by atoms with Crippen LogP contribution in [0.4, 0.5) is 4.39 Å². The fourth-order valence-corrected chi connectivity index (χ4v) is 2.42. The van der Waals surface area contributed by atoms with Gasteiger partial charge in [0, 0.05) is 6.92 Å². The summed E-state index contributed by atoms with van der Waals surface area (Å²) in [7, 11) is 0. The van der Waals surface area contributed by atoms with Gasteiger partial charge in [-0.05, 0) is 19.1 Å². The Morgan fingerprint density at radius 1 is 1.44 bits per heavy atom. The number of para-hydroxylation sites is 1. The number of aromatic nitrogens is 1. The highest BCUT2D eigenvalue weighted by atomic mass is 32.1. The lowest BCUT2D eigenvalue weighted by molar-refractivity contribution is 0.102. The van der Waals surface area contributed by atoms with Gasteiger partial charge in [-0.15, -0.1) is 11.3 Å². The Morgan fingerprint density at radius 3 is 2.78 bits per heavy atom. The zero-order chi connectivity index (χ0) is 13.1. The Hall–Kier alpha value is -1.75. The number of halogens is 1. The number of ketones is 1. The predicted molar refractivity (Wildman–Crippen MR) is 67.6 cm³/mol. The third-order valence-corrected chi connectivity index (χ3v) is 3.58. The van der Waals surface area contributed by atoms with E-state index in [0.717, 1.165) is 0 Å². The first-order valence-electron chi connectivity index (χ1n) is 5.42. The number of nitrogens with zero attached hydrogens (tertiary/aromatic N) is 1. The molecule has 5 heteroatoms. The first kappa shape index (κ1) is 12.7. The van der Waals surface area contributed by atoms with E-state index in [1.54, 1.807) is 25.1 Å². The van der Waals surface area contributed by atoms with Crippen molar-refractivity contribution < 1.29 is 13.9 Å². The largest absolute Gasteiger partial charge is 0.483 e. The summed E-state index contributed by atoms with van der Waals surface area (Å²) in [6.07, 6.45) is 0. The molecule has 0 atom stereocenters. The van der Waals surface area contributed by atoms with Crippen LogP contribution >= 0.6 is 11.3 Å². The van der Waals surface area contributed by atoms with Crippen molar-refractivity contribution in [3.8, 4) is 5.75 Å². The van der Waals surface area contributed by atoms with Crippen LogP contribution in [0, 0.1) is 12.7 Å². The van der Waals surface area contributed by atoms with Crippen molar-refractivity contribution in [1.29, 1.82) is 0 Å². The molecule has 1 aromatic heterocycles. The van der Waals surface area contributed by atoms with Gasteiger partial charge in [0.05, 0.1) is 10.6 Å². The van der Waals surface area contributed by atoms with E-state index < -0.39 is 5.82 Å². The van der Waals surface area contributed by atoms with E-state index in [0.29, 0.717) is 15.6 Å². The summed E-state index contributed by atoms with van der Waals surface area (Å²) in [5.74, 6) is -0.227. The summed E-state index contributed by atoms with van der Waals surface area (Å²) in [5, 5.41) is 0.668. The molecule has 2 aromatic rings. The lowest BCUT2D eigenvalue weighted by Gasteiger charge is -2.04. The van der Waals surface area contributed by atoms with E-state index in [9.17, 15) is 9.18 Å². The number of carbonyl (C=O) groups is 1.